The maximum Gasteiger partial charge on any atom is 0.319 e. The number of urea groups is 1. The highest BCUT2D eigenvalue weighted by atomic mass is 16.5. The molecule has 4 rings (SSSR count). The van der Waals surface area contributed by atoms with Gasteiger partial charge < -0.3 is 25.0 Å². The second kappa shape index (κ2) is 11.3. The molecule has 1 fully saturated rings. The van der Waals surface area contributed by atoms with Crippen molar-refractivity contribution >= 4 is 28.5 Å². The summed E-state index contributed by atoms with van der Waals surface area (Å²) < 4.78 is 10.6. The summed E-state index contributed by atoms with van der Waals surface area (Å²) >= 11 is 0. The molecule has 3 amide bonds. The van der Waals surface area contributed by atoms with Gasteiger partial charge in [-0.25, -0.2) is 4.79 Å². The molecule has 2 aromatic carbocycles. The summed E-state index contributed by atoms with van der Waals surface area (Å²) in [6.07, 6.45) is 0.870. The molecule has 36 heavy (non-hydrogen) atoms. The van der Waals surface area contributed by atoms with Crippen molar-refractivity contribution in [2.75, 3.05) is 52.8 Å². The maximum atomic E-state index is 13.1. The van der Waals surface area contributed by atoms with Crippen molar-refractivity contribution in [2.24, 2.45) is 0 Å². The summed E-state index contributed by atoms with van der Waals surface area (Å²) in [5, 5.41) is 6.79. The normalized spacial score (nSPS) is 15.5. The molecule has 2 heterocycles. The van der Waals surface area contributed by atoms with Crippen LogP contribution < -0.4 is 20.1 Å². The Morgan fingerprint density at radius 1 is 1.14 bits per heavy atom. The highest BCUT2D eigenvalue weighted by Crippen LogP contribution is 2.27. The Balaban J connectivity index is 1.27. The second-order valence-corrected chi connectivity index (χ2v) is 8.93. The van der Waals surface area contributed by atoms with Crippen LogP contribution in [-0.4, -0.2) is 80.2 Å². The Labute approximate surface area is 211 Å². The van der Waals surface area contributed by atoms with Gasteiger partial charge in [-0.3, -0.25) is 14.7 Å². The number of ether oxygens (including phenoxy) is 2. The first-order valence-electron chi connectivity index (χ1n) is 12.0. The molecular formula is C27H33N5O4. The number of benzene rings is 2. The topological polar surface area (TPSA) is 96.0 Å². The number of hydrogen-bond acceptors (Lipinski definition) is 6. The number of aryl methyl sites for hydroxylation is 1. The van der Waals surface area contributed by atoms with E-state index in [2.05, 4.69) is 20.5 Å². The van der Waals surface area contributed by atoms with Gasteiger partial charge in [0.15, 0.2) is 0 Å². The van der Waals surface area contributed by atoms with Crippen molar-refractivity contribution in [2.45, 2.75) is 19.4 Å². The van der Waals surface area contributed by atoms with Crippen LogP contribution in [0, 0.1) is 6.92 Å². The predicted molar refractivity (Wildman–Crippen MR) is 140 cm³/mol. The molecule has 2 N–H and O–H groups in total. The van der Waals surface area contributed by atoms with E-state index in [4.69, 9.17) is 9.47 Å². The number of fused-ring (bicyclic) bond motifs is 1. The molecule has 1 aliphatic rings. The van der Waals surface area contributed by atoms with Gasteiger partial charge in [-0.15, -0.1) is 0 Å². The van der Waals surface area contributed by atoms with Crippen molar-refractivity contribution in [3.05, 3.63) is 59.8 Å². The van der Waals surface area contributed by atoms with Gasteiger partial charge in [0.05, 0.1) is 31.0 Å². The minimum absolute atomic E-state index is 0.0845. The van der Waals surface area contributed by atoms with E-state index < -0.39 is 0 Å². The summed E-state index contributed by atoms with van der Waals surface area (Å²) in [5.74, 6) is 1.05. The van der Waals surface area contributed by atoms with Crippen LogP contribution in [-0.2, 0) is 0 Å². The number of nitrogens with one attached hydrogen (secondary N) is 2. The molecule has 0 aliphatic carbocycles. The largest absolute Gasteiger partial charge is 0.497 e. The number of carbonyl (C=O) groups excluding carboxylic acids is 2. The van der Waals surface area contributed by atoms with Crippen LogP contribution in [0.25, 0.3) is 10.9 Å². The van der Waals surface area contributed by atoms with Gasteiger partial charge in [0.25, 0.3) is 5.91 Å². The molecule has 0 bridgehead atoms. The summed E-state index contributed by atoms with van der Waals surface area (Å²) in [5.41, 5.74) is 2.95. The van der Waals surface area contributed by atoms with Gasteiger partial charge in [0, 0.05) is 56.4 Å². The maximum absolute atomic E-state index is 13.1. The summed E-state index contributed by atoms with van der Waals surface area (Å²) in [7, 11) is 4.95. The molecule has 0 saturated carbocycles. The van der Waals surface area contributed by atoms with Gasteiger partial charge in [-0.2, -0.15) is 0 Å². The van der Waals surface area contributed by atoms with Crippen molar-refractivity contribution in [1.82, 2.24) is 20.1 Å². The molecule has 1 aliphatic heterocycles. The van der Waals surface area contributed by atoms with Crippen LogP contribution in [0.4, 0.5) is 10.5 Å². The number of rotatable bonds is 8. The fourth-order valence-corrected chi connectivity index (χ4v) is 4.57. The second-order valence-electron chi connectivity index (χ2n) is 8.93. The highest BCUT2D eigenvalue weighted by Gasteiger charge is 2.30. The van der Waals surface area contributed by atoms with E-state index in [-0.39, 0.29) is 18.0 Å². The lowest BCUT2D eigenvalue weighted by molar-refractivity contribution is 0.0732. The standard InChI is InChI=1S/C27H33N5O4/c1-18-15-24(21-7-5-6-8-23(21)29-18)30-27(34)28-12-14-32-13-11-19(17-32)31(2)26(33)22-10-9-20(35-3)16-25(22)36-4/h5-10,15-16,19H,11-14,17H2,1-4H3,(H2,28,29,30,34). The number of amides is 3. The summed E-state index contributed by atoms with van der Waals surface area (Å²) in [6, 6.07) is 14.7. The molecule has 1 aromatic heterocycles. The zero-order chi connectivity index (χ0) is 25.7. The van der Waals surface area contributed by atoms with Crippen molar-refractivity contribution in [3.8, 4) is 11.5 Å². The Morgan fingerprint density at radius 3 is 2.72 bits per heavy atom. The average Bonchev–Trinajstić information content (AvgIpc) is 3.36. The monoisotopic (exact) mass is 491 g/mol. The van der Waals surface area contributed by atoms with Crippen molar-refractivity contribution < 1.29 is 19.1 Å². The van der Waals surface area contributed by atoms with Crippen LogP contribution in [0.3, 0.4) is 0 Å². The molecule has 0 radical (unpaired) electrons. The minimum atomic E-state index is -0.250. The third-order valence-corrected chi connectivity index (χ3v) is 6.56. The molecule has 0 spiro atoms. The minimum Gasteiger partial charge on any atom is -0.497 e. The van der Waals surface area contributed by atoms with Crippen LogP contribution in [0.1, 0.15) is 22.5 Å². The number of para-hydroxylation sites is 1. The molecule has 9 nitrogen and oxygen atoms in total. The van der Waals surface area contributed by atoms with E-state index in [9.17, 15) is 9.59 Å². The lowest BCUT2D eigenvalue weighted by atomic mass is 10.1. The van der Waals surface area contributed by atoms with Gasteiger partial charge >= 0.3 is 6.03 Å². The zero-order valence-corrected chi connectivity index (χ0v) is 21.2. The first kappa shape index (κ1) is 25.2. The number of nitrogens with zero attached hydrogens (tertiary/aromatic N) is 3. The lowest BCUT2D eigenvalue weighted by Crippen LogP contribution is -2.40. The van der Waals surface area contributed by atoms with E-state index in [1.165, 1.54) is 0 Å². The van der Waals surface area contributed by atoms with E-state index in [0.717, 1.165) is 41.8 Å². The quantitative estimate of drug-likeness (QED) is 0.501. The Hall–Kier alpha value is -3.85. The molecule has 1 unspecified atom stereocenters. The van der Waals surface area contributed by atoms with Crippen LogP contribution >= 0.6 is 0 Å². The molecule has 9 heteroatoms. The Kier molecular flexibility index (Phi) is 7.90. The number of anilines is 1. The van der Waals surface area contributed by atoms with E-state index in [0.29, 0.717) is 30.2 Å². The third kappa shape index (κ3) is 5.68. The Bertz CT molecular complexity index is 1250. The highest BCUT2D eigenvalue weighted by molar-refractivity contribution is 6.00. The van der Waals surface area contributed by atoms with Crippen molar-refractivity contribution in [3.63, 3.8) is 0 Å². The van der Waals surface area contributed by atoms with Gasteiger partial charge in [-0.05, 0) is 37.6 Å². The smallest absolute Gasteiger partial charge is 0.319 e. The average molecular weight is 492 g/mol. The molecule has 1 atom stereocenters. The number of likely N-dealkylation sites (tertiary alicyclic amines) is 1. The number of pyridine rings is 1. The summed E-state index contributed by atoms with van der Waals surface area (Å²) in [6.45, 7) is 4.72. The number of aromatic nitrogens is 1. The molecule has 190 valence electrons. The third-order valence-electron chi connectivity index (χ3n) is 6.56. The number of methoxy groups -OCH3 is 2. The van der Waals surface area contributed by atoms with Crippen LogP contribution in [0.15, 0.2) is 48.5 Å². The summed E-state index contributed by atoms with van der Waals surface area (Å²) in [4.78, 5) is 34.2. The number of likely N-dealkylation sites (N-methyl/N-ethyl adjacent to an activating group) is 1. The fourth-order valence-electron chi connectivity index (χ4n) is 4.57. The van der Waals surface area contributed by atoms with Crippen LogP contribution in [0.2, 0.25) is 0 Å². The van der Waals surface area contributed by atoms with Crippen LogP contribution in [0.5, 0.6) is 11.5 Å². The van der Waals surface area contributed by atoms with Gasteiger partial charge in [0.2, 0.25) is 0 Å². The molecular weight excluding hydrogens is 458 g/mol. The first-order chi connectivity index (χ1) is 17.4. The Morgan fingerprint density at radius 2 is 1.94 bits per heavy atom. The van der Waals surface area contributed by atoms with E-state index >= 15 is 0 Å². The van der Waals surface area contributed by atoms with Gasteiger partial charge in [0.1, 0.15) is 11.5 Å². The number of carbonyl (C=O) groups is 2. The van der Waals surface area contributed by atoms with Gasteiger partial charge in [-0.1, -0.05) is 18.2 Å². The fraction of sp³-hybridized carbons (Fsp3) is 0.370. The van der Waals surface area contributed by atoms with Crippen molar-refractivity contribution in [1.29, 1.82) is 0 Å². The lowest BCUT2D eigenvalue weighted by Gasteiger charge is -2.26. The van der Waals surface area contributed by atoms with E-state index in [1.807, 2.05) is 44.3 Å². The molecule has 3 aromatic rings. The first-order valence-corrected chi connectivity index (χ1v) is 12.0. The SMILES string of the molecule is COc1ccc(C(=O)N(C)C2CCN(CCNC(=O)Nc3cc(C)nc4ccccc34)C2)c(OC)c1. The molecule has 1 saturated heterocycles. The predicted octanol–water partition coefficient (Wildman–Crippen LogP) is 3.53. The number of hydrogen-bond donors (Lipinski definition) is 2. The van der Waals surface area contributed by atoms with E-state index in [1.54, 1.807) is 37.3 Å². The zero-order valence-electron chi connectivity index (χ0n) is 21.2.